The average Bonchev–Trinajstić information content (AvgIpc) is 3.59. The molecule has 1 atom stereocenters. The Morgan fingerprint density at radius 2 is 1.70 bits per heavy atom. The highest BCUT2D eigenvalue weighted by molar-refractivity contribution is 5.92. The smallest absolute Gasteiger partial charge is 0.478 e. The van der Waals surface area contributed by atoms with Gasteiger partial charge in [-0.1, -0.05) is 25.1 Å². The Kier molecular flexibility index (Phi) is 9.66. The van der Waals surface area contributed by atoms with Crippen LogP contribution >= 0.6 is 0 Å². The van der Waals surface area contributed by atoms with Gasteiger partial charge >= 0.3 is 18.4 Å². The van der Waals surface area contributed by atoms with E-state index in [0.717, 1.165) is 24.2 Å². The Labute approximate surface area is 264 Å². The number of alkyl halides is 3. The van der Waals surface area contributed by atoms with E-state index in [0.29, 0.717) is 49.4 Å². The second-order valence-corrected chi connectivity index (χ2v) is 11.5. The third kappa shape index (κ3) is 8.05. The maximum Gasteiger partial charge on any atom is 0.573 e. The molecule has 0 radical (unpaired) electrons. The van der Waals surface area contributed by atoms with Crippen LogP contribution in [0.5, 0.6) is 5.75 Å². The monoisotopic (exact) mass is 636 g/mol. The van der Waals surface area contributed by atoms with Crippen LogP contribution in [0.25, 0.3) is 16.9 Å². The molecule has 1 aliphatic rings. The number of nitrogens with zero attached hydrogens (tertiary/aromatic N) is 4. The molecule has 242 valence electrons. The number of aromatic carboxylic acids is 1. The molecule has 0 bridgehead atoms. The number of carboxylic acids is 1. The Bertz CT molecular complexity index is 1640. The minimum absolute atomic E-state index is 0.138. The van der Waals surface area contributed by atoms with Crippen molar-refractivity contribution in [1.29, 1.82) is 0 Å². The molecule has 1 saturated heterocycles. The number of amides is 1. The first-order chi connectivity index (χ1) is 21.9. The van der Waals surface area contributed by atoms with Gasteiger partial charge in [-0.3, -0.25) is 4.90 Å². The summed E-state index contributed by atoms with van der Waals surface area (Å²) in [5, 5.41) is 14.0. The fourth-order valence-electron chi connectivity index (χ4n) is 5.50. The maximum absolute atomic E-state index is 12.8. The molecule has 5 rings (SSSR count). The molecule has 3 aromatic carbocycles. The SMILES string of the molecule is CCCN(CCc1cn(-c2ccccc2)nc1-c1ccc(OC(F)(F)F)cc1)CCC1(C)CN(c2ccc(C(=O)O)cc2)C(=O)O1. The van der Waals surface area contributed by atoms with Crippen molar-refractivity contribution in [1.82, 2.24) is 14.7 Å². The van der Waals surface area contributed by atoms with Crippen LogP contribution in [-0.4, -0.2) is 70.0 Å². The van der Waals surface area contributed by atoms with E-state index in [2.05, 4.69) is 16.6 Å². The van der Waals surface area contributed by atoms with Gasteiger partial charge in [0.25, 0.3) is 0 Å². The van der Waals surface area contributed by atoms with Gasteiger partial charge in [0.15, 0.2) is 0 Å². The summed E-state index contributed by atoms with van der Waals surface area (Å²) < 4.78 is 49.7. The van der Waals surface area contributed by atoms with Gasteiger partial charge in [0, 0.05) is 37.0 Å². The molecule has 12 heteroatoms. The number of cyclic esters (lactones) is 1. The predicted molar refractivity (Wildman–Crippen MR) is 166 cm³/mol. The lowest BCUT2D eigenvalue weighted by atomic mass is 10.0. The van der Waals surface area contributed by atoms with Crippen molar-refractivity contribution in [3.05, 3.63) is 96.2 Å². The molecular formula is C34H35F3N4O5. The van der Waals surface area contributed by atoms with Crippen molar-refractivity contribution in [3.8, 4) is 22.7 Å². The van der Waals surface area contributed by atoms with E-state index in [1.54, 1.807) is 28.9 Å². The Balaban J connectivity index is 1.29. The van der Waals surface area contributed by atoms with Gasteiger partial charge in [-0.15, -0.1) is 13.2 Å². The fourth-order valence-corrected chi connectivity index (χ4v) is 5.50. The largest absolute Gasteiger partial charge is 0.573 e. The van der Waals surface area contributed by atoms with E-state index in [4.69, 9.17) is 9.84 Å². The van der Waals surface area contributed by atoms with Gasteiger partial charge < -0.3 is 19.5 Å². The van der Waals surface area contributed by atoms with Gasteiger partial charge in [0.1, 0.15) is 11.4 Å². The highest BCUT2D eigenvalue weighted by Crippen LogP contribution is 2.32. The molecule has 9 nitrogen and oxygen atoms in total. The zero-order chi connectivity index (χ0) is 32.9. The van der Waals surface area contributed by atoms with Crippen molar-refractivity contribution in [2.75, 3.05) is 31.1 Å². The average molecular weight is 637 g/mol. The minimum Gasteiger partial charge on any atom is -0.478 e. The third-order valence-corrected chi connectivity index (χ3v) is 7.84. The summed E-state index contributed by atoms with van der Waals surface area (Å²) in [5.74, 6) is -1.34. The number of rotatable bonds is 13. The lowest BCUT2D eigenvalue weighted by molar-refractivity contribution is -0.274. The van der Waals surface area contributed by atoms with Crippen LogP contribution in [0.4, 0.5) is 23.7 Å². The maximum atomic E-state index is 12.8. The fraction of sp³-hybridized carbons (Fsp3) is 0.324. The molecule has 1 aliphatic heterocycles. The molecule has 4 aromatic rings. The number of ether oxygens (including phenoxy) is 2. The zero-order valence-electron chi connectivity index (χ0n) is 25.5. The highest BCUT2D eigenvalue weighted by atomic mass is 19.4. The number of carbonyl (C=O) groups is 2. The number of carbonyl (C=O) groups excluding carboxylic acids is 1. The summed E-state index contributed by atoms with van der Waals surface area (Å²) in [4.78, 5) is 27.8. The summed E-state index contributed by atoms with van der Waals surface area (Å²) in [6.45, 7) is 6.48. The third-order valence-electron chi connectivity index (χ3n) is 7.84. The van der Waals surface area contributed by atoms with Crippen LogP contribution in [0.15, 0.2) is 85.1 Å². The Morgan fingerprint density at radius 1 is 1.00 bits per heavy atom. The summed E-state index contributed by atoms with van der Waals surface area (Å²) in [6, 6.07) is 21.4. The quantitative estimate of drug-likeness (QED) is 0.166. The van der Waals surface area contributed by atoms with Crippen molar-refractivity contribution >= 4 is 17.7 Å². The van der Waals surface area contributed by atoms with Gasteiger partial charge in [-0.05, 0) is 92.5 Å². The van der Waals surface area contributed by atoms with Gasteiger partial charge in [0.2, 0.25) is 0 Å². The lowest BCUT2D eigenvalue weighted by Gasteiger charge is -2.27. The number of halogens is 3. The molecule has 0 aliphatic carbocycles. The van der Waals surface area contributed by atoms with Crippen LogP contribution in [0.3, 0.4) is 0 Å². The molecule has 1 aromatic heterocycles. The number of carboxylic acid groups (broad SMARTS) is 1. The molecule has 1 fully saturated rings. The van der Waals surface area contributed by atoms with Crippen molar-refractivity contribution < 1.29 is 37.3 Å². The first kappa shape index (κ1) is 32.6. The van der Waals surface area contributed by atoms with Crippen molar-refractivity contribution in [3.63, 3.8) is 0 Å². The number of aromatic nitrogens is 2. The van der Waals surface area contributed by atoms with Crippen molar-refractivity contribution in [2.24, 2.45) is 0 Å². The van der Waals surface area contributed by atoms with E-state index in [1.807, 2.05) is 43.5 Å². The molecular weight excluding hydrogens is 601 g/mol. The molecule has 46 heavy (non-hydrogen) atoms. The van der Waals surface area contributed by atoms with Gasteiger partial charge in [-0.25, -0.2) is 14.3 Å². The summed E-state index contributed by atoms with van der Waals surface area (Å²) in [7, 11) is 0. The second kappa shape index (κ2) is 13.7. The van der Waals surface area contributed by atoms with E-state index in [9.17, 15) is 27.9 Å². The van der Waals surface area contributed by atoms with Gasteiger partial charge in [-0.2, -0.15) is 5.10 Å². The Hall–Kier alpha value is -4.84. The molecule has 1 amide bonds. The molecule has 1 N–H and O–H groups in total. The standard InChI is InChI=1S/C34H35F3N4O5/c1-3-19-39(21-18-33(2)23-40(32(44)46-33)27-13-9-25(10-14-27)31(42)43)20-17-26-22-41(28-7-5-4-6-8-28)38-30(26)24-11-15-29(16-12-24)45-34(35,36)37/h4-16,22H,3,17-21,23H2,1-2H3,(H,42,43). The molecule has 1 unspecified atom stereocenters. The number of anilines is 1. The number of benzene rings is 3. The van der Waals surface area contributed by atoms with Crippen LogP contribution in [0.1, 0.15) is 42.6 Å². The number of hydrogen-bond donors (Lipinski definition) is 1. The van der Waals surface area contributed by atoms with Crippen LogP contribution in [0.2, 0.25) is 0 Å². The normalized spacial score (nSPS) is 16.6. The summed E-state index contributed by atoms with van der Waals surface area (Å²) >= 11 is 0. The lowest BCUT2D eigenvalue weighted by Crippen LogP contribution is -2.37. The summed E-state index contributed by atoms with van der Waals surface area (Å²) in [6.07, 6.45) is -1.18. The number of para-hydroxylation sites is 1. The summed E-state index contributed by atoms with van der Waals surface area (Å²) in [5.41, 5.74) is 3.10. The van der Waals surface area contributed by atoms with E-state index >= 15 is 0 Å². The van der Waals surface area contributed by atoms with Crippen molar-refractivity contribution in [2.45, 2.75) is 45.1 Å². The number of hydrogen-bond acceptors (Lipinski definition) is 6. The minimum atomic E-state index is -4.77. The van der Waals surface area contributed by atoms with E-state index < -0.39 is 24.0 Å². The van der Waals surface area contributed by atoms with E-state index in [-0.39, 0.29) is 11.3 Å². The first-order valence-electron chi connectivity index (χ1n) is 15.0. The highest BCUT2D eigenvalue weighted by Gasteiger charge is 2.42. The molecule has 0 saturated carbocycles. The van der Waals surface area contributed by atoms with Gasteiger partial charge in [0.05, 0.1) is 23.5 Å². The second-order valence-electron chi connectivity index (χ2n) is 11.5. The molecule has 2 heterocycles. The molecule has 0 spiro atoms. The zero-order valence-corrected chi connectivity index (χ0v) is 25.5. The topological polar surface area (TPSA) is 97.1 Å². The van der Waals surface area contributed by atoms with E-state index in [1.165, 1.54) is 29.2 Å². The van der Waals surface area contributed by atoms with Crippen LogP contribution in [-0.2, 0) is 11.2 Å². The van der Waals surface area contributed by atoms with Crippen LogP contribution < -0.4 is 9.64 Å². The first-order valence-corrected chi connectivity index (χ1v) is 15.0. The van der Waals surface area contributed by atoms with Crippen LogP contribution in [0, 0.1) is 0 Å². The predicted octanol–water partition coefficient (Wildman–Crippen LogP) is 7.20. The Morgan fingerprint density at radius 3 is 2.33 bits per heavy atom.